The molecule has 2 nitrogen and oxygen atoms in total. The molecule has 1 atom stereocenters. The number of benzene rings is 1. The maximum atomic E-state index is 3.23. The van der Waals surface area contributed by atoms with Gasteiger partial charge < -0.3 is 10.2 Å². The van der Waals surface area contributed by atoms with Crippen LogP contribution in [0.4, 0.5) is 5.69 Å². The zero-order valence-electron chi connectivity index (χ0n) is 9.33. The lowest BCUT2D eigenvalue weighted by atomic mass is 10.1. The lowest BCUT2D eigenvalue weighted by Crippen LogP contribution is -2.38. The van der Waals surface area contributed by atoms with Crippen LogP contribution < -0.4 is 10.2 Å². The van der Waals surface area contributed by atoms with E-state index in [1.165, 1.54) is 5.69 Å². The van der Waals surface area contributed by atoms with Crippen molar-refractivity contribution in [1.82, 2.24) is 5.32 Å². The topological polar surface area (TPSA) is 15.3 Å². The Balaban J connectivity index is 2.67. The van der Waals surface area contributed by atoms with E-state index in [0.717, 1.165) is 13.0 Å². The van der Waals surface area contributed by atoms with E-state index < -0.39 is 0 Å². The van der Waals surface area contributed by atoms with Crippen LogP contribution in [0.2, 0.25) is 0 Å². The molecule has 0 amide bonds. The Hall–Kier alpha value is -1.02. The van der Waals surface area contributed by atoms with Gasteiger partial charge in [0, 0.05) is 25.3 Å². The summed E-state index contributed by atoms with van der Waals surface area (Å²) < 4.78 is 0. The predicted molar refractivity (Wildman–Crippen MR) is 62.9 cm³/mol. The summed E-state index contributed by atoms with van der Waals surface area (Å²) in [4.78, 5) is 2.33. The first-order valence-electron chi connectivity index (χ1n) is 5.22. The summed E-state index contributed by atoms with van der Waals surface area (Å²) in [6.45, 7) is 3.25. The SMILES string of the molecule is CCC(CNC)N(C)c1ccccc1. The zero-order valence-corrected chi connectivity index (χ0v) is 9.33. The fourth-order valence-corrected chi connectivity index (χ4v) is 1.66. The zero-order chi connectivity index (χ0) is 10.4. The number of rotatable bonds is 5. The summed E-state index contributed by atoms with van der Waals surface area (Å²) in [5, 5.41) is 3.23. The van der Waals surface area contributed by atoms with Crippen LogP contribution in [0.25, 0.3) is 0 Å². The van der Waals surface area contributed by atoms with Gasteiger partial charge in [0.2, 0.25) is 0 Å². The first-order valence-corrected chi connectivity index (χ1v) is 5.22. The van der Waals surface area contributed by atoms with E-state index in [9.17, 15) is 0 Å². The van der Waals surface area contributed by atoms with E-state index in [4.69, 9.17) is 0 Å². The van der Waals surface area contributed by atoms with Gasteiger partial charge in [-0.2, -0.15) is 0 Å². The van der Waals surface area contributed by atoms with Crippen molar-refractivity contribution < 1.29 is 0 Å². The second kappa shape index (κ2) is 5.66. The van der Waals surface area contributed by atoms with Crippen LogP contribution in [-0.4, -0.2) is 26.7 Å². The third kappa shape index (κ3) is 2.74. The van der Waals surface area contributed by atoms with Gasteiger partial charge in [-0.25, -0.2) is 0 Å². The van der Waals surface area contributed by atoms with Gasteiger partial charge in [-0.3, -0.25) is 0 Å². The smallest absolute Gasteiger partial charge is 0.0408 e. The molecular weight excluding hydrogens is 172 g/mol. The molecule has 1 unspecified atom stereocenters. The average molecular weight is 192 g/mol. The number of nitrogens with one attached hydrogen (secondary N) is 1. The number of nitrogens with zero attached hydrogens (tertiary/aromatic N) is 1. The Bertz CT molecular complexity index is 246. The molecule has 1 aromatic rings. The second-order valence-electron chi connectivity index (χ2n) is 3.57. The second-order valence-corrected chi connectivity index (χ2v) is 3.57. The highest BCUT2D eigenvalue weighted by Gasteiger charge is 2.11. The highest BCUT2D eigenvalue weighted by molar-refractivity contribution is 5.46. The molecule has 0 aromatic heterocycles. The number of hydrogen-bond acceptors (Lipinski definition) is 2. The molecule has 0 radical (unpaired) electrons. The van der Waals surface area contributed by atoms with Crippen molar-refractivity contribution in [3.8, 4) is 0 Å². The number of anilines is 1. The molecule has 1 aromatic carbocycles. The van der Waals surface area contributed by atoms with Gasteiger partial charge in [0.15, 0.2) is 0 Å². The summed E-state index contributed by atoms with van der Waals surface area (Å²) in [6, 6.07) is 11.1. The molecule has 78 valence electrons. The minimum Gasteiger partial charge on any atom is -0.370 e. The van der Waals surface area contributed by atoms with E-state index in [1.807, 2.05) is 7.05 Å². The molecule has 0 saturated carbocycles. The predicted octanol–water partition coefficient (Wildman–Crippen LogP) is 2.12. The van der Waals surface area contributed by atoms with Crippen LogP contribution in [0.1, 0.15) is 13.3 Å². The molecule has 1 N–H and O–H groups in total. The number of likely N-dealkylation sites (N-methyl/N-ethyl adjacent to an activating group) is 2. The maximum absolute atomic E-state index is 3.23. The van der Waals surface area contributed by atoms with Crippen LogP contribution in [-0.2, 0) is 0 Å². The van der Waals surface area contributed by atoms with Crippen molar-refractivity contribution in [3.05, 3.63) is 30.3 Å². The molecular formula is C12H20N2. The Kier molecular flexibility index (Phi) is 4.47. The third-order valence-corrected chi connectivity index (χ3v) is 2.62. The van der Waals surface area contributed by atoms with Crippen LogP contribution >= 0.6 is 0 Å². The molecule has 1 rings (SSSR count). The van der Waals surface area contributed by atoms with Crippen LogP contribution in [0.15, 0.2) is 30.3 Å². The molecule has 0 saturated heterocycles. The highest BCUT2D eigenvalue weighted by atomic mass is 15.1. The average Bonchev–Trinajstić information content (AvgIpc) is 2.26. The Labute approximate surface area is 86.9 Å². The van der Waals surface area contributed by atoms with Crippen LogP contribution in [0, 0.1) is 0 Å². The van der Waals surface area contributed by atoms with Crippen molar-refractivity contribution >= 4 is 5.69 Å². The van der Waals surface area contributed by atoms with E-state index >= 15 is 0 Å². The fraction of sp³-hybridized carbons (Fsp3) is 0.500. The van der Waals surface area contributed by atoms with E-state index in [1.54, 1.807) is 0 Å². The van der Waals surface area contributed by atoms with Crippen molar-refractivity contribution in [2.45, 2.75) is 19.4 Å². The van der Waals surface area contributed by atoms with Gasteiger partial charge in [0.25, 0.3) is 0 Å². The van der Waals surface area contributed by atoms with Crippen molar-refractivity contribution in [2.24, 2.45) is 0 Å². The largest absolute Gasteiger partial charge is 0.370 e. The van der Waals surface area contributed by atoms with E-state index in [2.05, 4.69) is 54.5 Å². The number of para-hydroxylation sites is 1. The Morgan fingerprint density at radius 3 is 2.43 bits per heavy atom. The normalized spacial score (nSPS) is 12.5. The van der Waals surface area contributed by atoms with Gasteiger partial charge in [-0.15, -0.1) is 0 Å². The quantitative estimate of drug-likeness (QED) is 0.768. The highest BCUT2D eigenvalue weighted by Crippen LogP contribution is 2.15. The van der Waals surface area contributed by atoms with Gasteiger partial charge in [-0.1, -0.05) is 25.1 Å². The van der Waals surface area contributed by atoms with Crippen LogP contribution in [0.5, 0.6) is 0 Å². The fourth-order valence-electron chi connectivity index (χ4n) is 1.66. The first kappa shape index (κ1) is 11.1. The molecule has 14 heavy (non-hydrogen) atoms. The third-order valence-electron chi connectivity index (χ3n) is 2.62. The Morgan fingerprint density at radius 1 is 1.29 bits per heavy atom. The minimum absolute atomic E-state index is 0.572. The molecule has 0 fully saturated rings. The molecule has 0 aliphatic carbocycles. The van der Waals surface area contributed by atoms with E-state index in [0.29, 0.717) is 6.04 Å². The lowest BCUT2D eigenvalue weighted by molar-refractivity contribution is 0.572. The van der Waals surface area contributed by atoms with Gasteiger partial charge in [0.05, 0.1) is 0 Å². The molecule has 0 spiro atoms. The summed E-state index contributed by atoms with van der Waals surface area (Å²) in [5.41, 5.74) is 1.29. The van der Waals surface area contributed by atoms with Crippen molar-refractivity contribution in [2.75, 3.05) is 25.5 Å². The molecule has 2 heteroatoms. The van der Waals surface area contributed by atoms with E-state index in [-0.39, 0.29) is 0 Å². The molecule has 0 bridgehead atoms. The lowest BCUT2D eigenvalue weighted by Gasteiger charge is -2.29. The summed E-state index contributed by atoms with van der Waals surface area (Å²) in [7, 11) is 4.16. The molecule has 0 heterocycles. The summed E-state index contributed by atoms with van der Waals surface area (Å²) >= 11 is 0. The van der Waals surface area contributed by atoms with Gasteiger partial charge in [0.1, 0.15) is 0 Å². The Morgan fingerprint density at radius 2 is 1.93 bits per heavy atom. The monoisotopic (exact) mass is 192 g/mol. The van der Waals surface area contributed by atoms with Crippen molar-refractivity contribution in [1.29, 1.82) is 0 Å². The van der Waals surface area contributed by atoms with Gasteiger partial charge >= 0.3 is 0 Å². The molecule has 0 aliphatic heterocycles. The first-order chi connectivity index (χ1) is 6.79. The van der Waals surface area contributed by atoms with Crippen LogP contribution in [0.3, 0.4) is 0 Å². The van der Waals surface area contributed by atoms with Crippen molar-refractivity contribution in [3.63, 3.8) is 0 Å². The minimum atomic E-state index is 0.572. The number of hydrogen-bond donors (Lipinski definition) is 1. The molecule has 0 aliphatic rings. The summed E-state index contributed by atoms with van der Waals surface area (Å²) in [6.07, 6.45) is 1.16. The van der Waals surface area contributed by atoms with Gasteiger partial charge in [-0.05, 0) is 25.6 Å². The standard InChI is InChI=1S/C12H20N2/c1-4-11(10-13-2)14(3)12-8-6-5-7-9-12/h5-9,11,13H,4,10H2,1-3H3. The summed E-state index contributed by atoms with van der Waals surface area (Å²) in [5.74, 6) is 0. The maximum Gasteiger partial charge on any atom is 0.0408 e.